The second-order valence-corrected chi connectivity index (χ2v) is 6.05. The highest BCUT2D eigenvalue weighted by atomic mass is 35.5. The quantitative estimate of drug-likeness (QED) is 0.797. The lowest BCUT2D eigenvalue weighted by Crippen LogP contribution is -2.40. The van der Waals surface area contributed by atoms with Gasteiger partial charge in [-0.25, -0.2) is 0 Å². The topological polar surface area (TPSA) is 70.2 Å². The minimum Gasteiger partial charge on any atom is -0.352 e. The molecule has 1 aromatic rings. The van der Waals surface area contributed by atoms with Crippen LogP contribution in [0.25, 0.3) is 0 Å². The monoisotopic (exact) mass is 323 g/mol. The van der Waals surface area contributed by atoms with Crippen molar-refractivity contribution in [3.8, 4) is 0 Å². The molecule has 0 radical (unpaired) electrons. The van der Waals surface area contributed by atoms with Crippen LogP contribution in [-0.4, -0.2) is 30.9 Å². The molecule has 1 fully saturated rings. The van der Waals surface area contributed by atoms with Crippen LogP contribution in [0.3, 0.4) is 0 Å². The van der Waals surface area contributed by atoms with E-state index in [1.54, 1.807) is 18.2 Å². The lowest BCUT2D eigenvalue weighted by Gasteiger charge is -2.27. The van der Waals surface area contributed by atoms with Crippen LogP contribution in [0.2, 0.25) is 5.02 Å². The smallest absolute Gasteiger partial charge is 0.253 e. The van der Waals surface area contributed by atoms with Gasteiger partial charge >= 0.3 is 0 Å². The summed E-state index contributed by atoms with van der Waals surface area (Å²) in [5, 5.41) is 9.42. The summed E-state index contributed by atoms with van der Waals surface area (Å²) in [7, 11) is 0. The van der Waals surface area contributed by atoms with Gasteiger partial charge in [0.25, 0.3) is 5.91 Å². The predicted molar refractivity (Wildman–Crippen MR) is 88.3 cm³/mol. The summed E-state index contributed by atoms with van der Waals surface area (Å²) < 4.78 is 0. The largest absolute Gasteiger partial charge is 0.352 e. The molecule has 0 saturated carbocycles. The SMILES string of the molecule is CCNC(=O)c1ccc(Cl)cc1NC(=O)[C@H]1CCN[C@@H](C)C1. The number of rotatable bonds is 4. The number of hydrogen-bond acceptors (Lipinski definition) is 3. The molecule has 1 saturated heterocycles. The van der Waals surface area contributed by atoms with Crippen LogP contribution in [0.4, 0.5) is 5.69 Å². The first-order valence-corrected chi connectivity index (χ1v) is 8.01. The van der Waals surface area contributed by atoms with Crippen LogP contribution in [0, 0.1) is 5.92 Å². The molecule has 1 aromatic carbocycles. The summed E-state index contributed by atoms with van der Waals surface area (Å²) in [5.41, 5.74) is 0.899. The number of amides is 2. The number of anilines is 1. The molecular weight excluding hydrogens is 302 g/mol. The highest BCUT2D eigenvalue weighted by Crippen LogP contribution is 2.24. The highest BCUT2D eigenvalue weighted by Gasteiger charge is 2.25. The van der Waals surface area contributed by atoms with Gasteiger partial charge in [-0.15, -0.1) is 0 Å². The number of hydrogen-bond donors (Lipinski definition) is 3. The van der Waals surface area contributed by atoms with E-state index in [0.29, 0.717) is 28.9 Å². The summed E-state index contributed by atoms with van der Waals surface area (Å²) >= 11 is 6.00. The number of benzene rings is 1. The van der Waals surface area contributed by atoms with Gasteiger partial charge in [-0.1, -0.05) is 11.6 Å². The standard InChI is InChI=1S/C16H22ClN3O2/c1-3-18-16(22)13-5-4-12(17)9-14(13)20-15(21)11-6-7-19-10(2)8-11/h4-5,9-11,19H,3,6-8H2,1-2H3,(H,18,22)(H,20,21)/t10-,11-/m0/s1. The second-order valence-electron chi connectivity index (χ2n) is 5.62. The van der Waals surface area contributed by atoms with Crippen molar-refractivity contribution >= 4 is 29.1 Å². The summed E-state index contributed by atoms with van der Waals surface area (Å²) in [6.45, 7) is 5.28. The molecule has 1 heterocycles. The van der Waals surface area contributed by atoms with E-state index in [0.717, 1.165) is 19.4 Å². The van der Waals surface area contributed by atoms with Crippen LogP contribution >= 0.6 is 11.6 Å². The van der Waals surface area contributed by atoms with E-state index in [2.05, 4.69) is 22.9 Å². The molecule has 1 aliphatic heterocycles. The van der Waals surface area contributed by atoms with Crippen molar-refractivity contribution in [3.63, 3.8) is 0 Å². The summed E-state index contributed by atoms with van der Waals surface area (Å²) in [6.07, 6.45) is 1.59. The van der Waals surface area contributed by atoms with Crippen molar-refractivity contribution in [2.75, 3.05) is 18.4 Å². The first-order valence-electron chi connectivity index (χ1n) is 7.63. The average molecular weight is 324 g/mol. The summed E-state index contributed by atoms with van der Waals surface area (Å²) in [4.78, 5) is 24.5. The first-order chi connectivity index (χ1) is 10.5. The van der Waals surface area contributed by atoms with Gasteiger partial charge in [0.05, 0.1) is 11.3 Å². The minimum atomic E-state index is -0.215. The molecular formula is C16H22ClN3O2. The van der Waals surface area contributed by atoms with Crippen LogP contribution < -0.4 is 16.0 Å². The van der Waals surface area contributed by atoms with Crippen molar-refractivity contribution in [2.24, 2.45) is 5.92 Å². The molecule has 0 aromatic heterocycles. The van der Waals surface area contributed by atoms with Crippen molar-refractivity contribution < 1.29 is 9.59 Å². The third-order valence-electron chi connectivity index (χ3n) is 3.82. The van der Waals surface area contributed by atoms with E-state index in [9.17, 15) is 9.59 Å². The van der Waals surface area contributed by atoms with Crippen molar-refractivity contribution in [1.82, 2.24) is 10.6 Å². The number of piperidine rings is 1. The van der Waals surface area contributed by atoms with Gasteiger partial charge in [-0.3, -0.25) is 9.59 Å². The normalized spacial score (nSPS) is 21.2. The van der Waals surface area contributed by atoms with E-state index in [1.165, 1.54) is 0 Å². The molecule has 2 rings (SSSR count). The van der Waals surface area contributed by atoms with Gasteiger partial charge in [-0.2, -0.15) is 0 Å². The molecule has 2 amide bonds. The van der Waals surface area contributed by atoms with Gasteiger partial charge in [0.2, 0.25) is 5.91 Å². The molecule has 0 bridgehead atoms. The fourth-order valence-electron chi connectivity index (χ4n) is 2.68. The molecule has 1 aliphatic rings. The Morgan fingerprint density at radius 3 is 2.86 bits per heavy atom. The number of carbonyl (C=O) groups is 2. The minimum absolute atomic E-state index is 0.0442. The summed E-state index contributed by atoms with van der Waals surface area (Å²) in [5.74, 6) is -0.313. The number of carbonyl (C=O) groups excluding carboxylic acids is 2. The Labute approximate surface area is 135 Å². The second kappa shape index (κ2) is 7.61. The van der Waals surface area contributed by atoms with Gasteiger partial charge < -0.3 is 16.0 Å². The van der Waals surface area contributed by atoms with E-state index in [1.807, 2.05) is 6.92 Å². The van der Waals surface area contributed by atoms with E-state index < -0.39 is 0 Å². The Balaban J connectivity index is 2.15. The maximum atomic E-state index is 12.4. The number of halogens is 1. The lowest BCUT2D eigenvalue weighted by molar-refractivity contribution is -0.120. The van der Waals surface area contributed by atoms with Crippen LogP contribution in [-0.2, 0) is 4.79 Å². The van der Waals surface area contributed by atoms with Crippen molar-refractivity contribution in [2.45, 2.75) is 32.7 Å². The lowest BCUT2D eigenvalue weighted by atomic mass is 9.92. The maximum absolute atomic E-state index is 12.4. The van der Waals surface area contributed by atoms with Crippen molar-refractivity contribution in [1.29, 1.82) is 0 Å². The van der Waals surface area contributed by atoms with E-state index >= 15 is 0 Å². The predicted octanol–water partition coefficient (Wildman–Crippen LogP) is 2.42. The molecule has 22 heavy (non-hydrogen) atoms. The Morgan fingerprint density at radius 1 is 1.41 bits per heavy atom. The Bertz CT molecular complexity index is 562. The van der Waals surface area contributed by atoms with E-state index in [4.69, 9.17) is 11.6 Å². The maximum Gasteiger partial charge on any atom is 0.253 e. The highest BCUT2D eigenvalue weighted by molar-refractivity contribution is 6.31. The van der Waals surface area contributed by atoms with Crippen LogP contribution in [0.15, 0.2) is 18.2 Å². The van der Waals surface area contributed by atoms with Crippen molar-refractivity contribution in [3.05, 3.63) is 28.8 Å². The molecule has 0 unspecified atom stereocenters. The third kappa shape index (κ3) is 4.21. The zero-order chi connectivity index (χ0) is 16.1. The third-order valence-corrected chi connectivity index (χ3v) is 4.05. The molecule has 0 aliphatic carbocycles. The Morgan fingerprint density at radius 2 is 2.18 bits per heavy atom. The van der Waals surface area contributed by atoms with Gasteiger partial charge in [0.1, 0.15) is 0 Å². The van der Waals surface area contributed by atoms with Crippen LogP contribution in [0.5, 0.6) is 0 Å². The van der Waals surface area contributed by atoms with Crippen LogP contribution in [0.1, 0.15) is 37.0 Å². The molecule has 0 spiro atoms. The summed E-state index contributed by atoms with van der Waals surface area (Å²) in [6, 6.07) is 5.23. The zero-order valence-corrected chi connectivity index (χ0v) is 13.7. The molecule has 5 nitrogen and oxygen atoms in total. The molecule has 2 atom stereocenters. The molecule has 6 heteroatoms. The Kier molecular flexibility index (Phi) is 5.80. The fraction of sp³-hybridized carbons (Fsp3) is 0.500. The van der Waals surface area contributed by atoms with Gasteiger partial charge in [-0.05, 0) is 51.4 Å². The molecule has 120 valence electrons. The van der Waals surface area contributed by atoms with E-state index in [-0.39, 0.29) is 17.7 Å². The molecule has 3 N–H and O–H groups in total. The zero-order valence-electron chi connectivity index (χ0n) is 12.9. The number of nitrogens with one attached hydrogen (secondary N) is 3. The fourth-order valence-corrected chi connectivity index (χ4v) is 2.85. The Hall–Kier alpha value is -1.59. The first kappa shape index (κ1) is 16.8. The average Bonchev–Trinajstić information content (AvgIpc) is 2.47. The van der Waals surface area contributed by atoms with Gasteiger partial charge in [0, 0.05) is 23.5 Å². The van der Waals surface area contributed by atoms with Gasteiger partial charge in [0.15, 0.2) is 0 Å².